The highest BCUT2D eigenvalue weighted by Gasteiger charge is 2.08. The van der Waals surface area contributed by atoms with Gasteiger partial charge in [0.1, 0.15) is 11.8 Å². The number of hydrogen-bond acceptors (Lipinski definition) is 5. The predicted molar refractivity (Wildman–Crippen MR) is 55.8 cm³/mol. The minimum absolute atomic E-state index is 0. The third-order valence-electron chi connectivity index (χ3n) is 1.33. The number of carbonyl (C=O) groups is 1. The molecule has 1 atom stereocenters. The fraction of sp³-hybridized carbons (Fsp3) is 0.222. The normalized spacial score (nSPS) is 10.4. The van der Waals surface area contributed by atoms with Crippen molar-refractivity contribution in [3.8, 4) is 5.75 Å². The molecule has 0 saturated carbocycles. The van der Waals surface area contributed by atoms with Gasteiger partial charge in [-0.3, -0.25) is 0 Å². The van der Waals surface area contributed by atoms with E-state index in [4.69, 9.17) is 10.5 Å². The van der Waals surface area contributed by atoms with Crippen molar-refractivity contribution in [2.24, 2.45) is 5.73 Å². The van der Waals surface area contributed by atoms with Crippen LogP contribution in [0.4, 0.5) is 0 Å². The Kier molecular flexibility index (Phi) is 7.55. The molecule has 0 saturated heterocycles. The number of para-hydroxylation sites is 1. The van der Waals surface area contributed by atoms with Crippen molar-refractivity contribution in [2.45, 2.75) is 13.0 Å². The molecular weight excluding hydrogens is 182 g/mol. The maximum absolute atomic E-state index is 11.0. The number of hydrogen-bond donors (Lipinski definition) is 3. The molecule has 1 aromatic rings. The van der Waals surface area contributed by atoms with Crippen LogP contribution in [0, 0.1) is 0 Å². The fourth-order valence-corrected chi connectivity index (χ4v) is 0.698. The molecule has 1 rings (SSSR count). The molecule has 0 bridgehead atoms. The molecule has 5 heteroatoms. The van der Waals surface area contributed by atoms with Gasteiger partial charge in [0.25, 0.3) is 0 Å². The second-order valence-electron chi connectivity index (χ2n) is 2.52. The maximum Gasteiger partial charge on any atom is 0.328 e. The maximum atomic E-state index is 11.0. The van der Waals surface area contributed by atoms with E-state index in [2.05, 4.69) is 0 Å². The molecule has 0 fully saturated rings. The SMILES string of the molecule is CC(N)C(=O)Oc1ccccc1.N.N. The average Bonchev–Trinajstić information content (AvgIpc) is 2.06. The molecular formula is C9H17N3O2. The number of rotatable bonds is 2. The summed E-state index contributed by atoms with van der Waals surface area (Å²) in [6, 6.07) is 8.28. The third kappa shape index (κ3) is 4.56. The number of carbonyl (C=O) groups excluding carboxylic acids is 1. The zero-order valence-corrected chi connectivity index (χ0v) is 8.27. The van der Waals surface area contributed by atoms with Gasteiger partial charge in [-0.2, -0.15) is 0 Å². The van der Waals surface area contributed by atoms with Gasteiger partial charge in [-0.05, 0) is 19.1 Å². The Labute approximate surface area is 83.4 Å². The minimum atomic E-state index is -0.579. The van der Waals surface area contributed by atoms with Crippen LogP contribution in [0.3, 0.4) is 0 Å². The number of nitrogens with two attached hydrogens (primary N) is 1. The van der Waals surface area contributed by atoms with Crippen LogP contribution in [0.25, 0.3) is 0 Å². The molecule has 0 aromatic heterocycles. The first-order valence-corrected chi connectivity index (χ1v) is 3.72. The van der Waals surface area contributed by atoms with Gasteiger partial charge >= 0.3 is 5.97 Å². The van der Waals surface area contributed by atoms with Crippen molar-refractivity contribution in [2.75, 3.05) is 0 Å². The summed E-state index contributed by atoms with van der Waals surface area (Å²) < 4.78 is 4.91. The zero-order valence-electron chi connectivity index (χ0n) is 8.27. The van der Waals surface area contributed by atoms with E-state index in [0.29, 0.717) is 5.75 Å². The van der Waals surface area contributed by atoms with E-state index in [1.54, 1.807) is 31.2 Å². The lowest BCUT2D eigenvalue weighted by molar-refractivity contribution is -0.135. The van der Waals surface area contributed by atoms with Gasteiger partial charge in [0.15, 0.2) is 0 Å². The standard InChI is InChI=1S/C9H11NO2.2H3N/c1-7(10)9(11)12-8-5-3-2-4-6-8;;/h2-7H,10H2,1H3;2*1H3. The number of esters is 1. The Bertz CT molecular complexity index is 262. The molecule has 80 valence electrons. The lowest BCUT2D eigenvalue weighted by atomic mass is 10.3. The minimum Gasteiger partial charge on any atom is -0.425 e. The molecule has 1 aromatic carbocycles. The van der Waals surface area contributed by atoms with Gasteiger partial charge in [0.2, 0.25) is 0 Å². The van der Waals surface area contributed by atoms with E-state index in [1.807, 2.05) is 6.07 Å². The van der Waals surface area contributed by atoms with Crippen LogP contribution >= 0.6 is 0 Å². The smallest absolute Gasteiger partial charge is 0.328 e. The second kappa shape index (κ2) is 7.02. The summed E-state index contributed by atoms with van der Waals surface area (Å²) >= 11 is 0. The average molecular weight is 199 g/mol. The molecule has 0 aliphatic heterocycles. The molecule has 5 nitrogen and oxygen atoms in total. The Morgan fingerprint density at radius 3 is 2.21 bits per heavy atom. The summed E-state index contributed by atoms with van der Waals surface area (Å²) in [5.41, 5.74) is 5.31. The van der Waals surface area contributed by atoms with Gasteiger partial charge < -0.3 is 22.8 Å². The van der Waals surface area contributed by atoms with Crippen LogP contribution in [-0.4, -0.2) is 12.0 Å². The van der Waals surface area contributed by atoms with Crippen molar-refractivity contribution >= 4 is 5.97 Å². The van der Waals surface area contributed by atoms with Crippen molar-refractivity contribution in [3.05, 3.63) is 30.3 Å². The highest BCUT2D eigenvalue weighted by Crippen LogP contribution is 2.08. The molecule has 0 aliphatic rings. The van der Waals surface area contributed by atoms with Gasteiger partial charge in [-0.1, -0.05) is 18.2 Å². The van der Waals surface area contributed by atoms with Crippen LogP contribution in [0.15, 0.2) is 30.3 Å². The first-order chi connectivity index (χ1) is 5.70. The number of benzene rings is 1. The lowest BCUT2D eigenvalue weighted by Gasteiger charge is -2.05. The lowest BCUT2D eigenvalue weighted by Crippen LogP contribution is -2.30. The van der Waals surface area contributed by atoms with E-state index in [0.717, 1.165) is 0 Å². The molecule has 0 radical (unpaired) electrons. The molecule has 0 spiro atoms. The number of ether oxygens (including phenoxy) is 1. The van der Waals surface area contributed by atoms with Gasteiger partial charge in [0.05, 0.1) is 0 Å². The summed E-state index contributed by atoms with van der Waals surface area (Å²) in [6.45, 7) is 1.59. The van der Waals surface area contributed by atoms with Crippen LogP contribution in [0.5, 0.6) is 5.75 Å². The fourth-order valence-electron chi connectivity index (χ4n) is 0.698. The summed E-state index contributed by atoms with van der Waals surface area (Å²) in [5.74, 6) is 0.112. The molecule has 8 N–H and O–H groups in total. The Morgan fingerprint density at radius 2 is 1.79 bits per heavy atom. The summed E-state index contributed by atoms with van der Waals surface area (Å²) in [4.78, 5) is 11.0. The monoisotopic (exact) mass is 199 g/mol. The summed E-state index contributed by atoms with van der Waals surface area (Å²) in [6.07, 6.45) is 0. The van der Waals surface area contributed by atoms with Crippen LogP contribution in [0.1, 0.15) is 6.92 Å². The molecule has 14 heavy (non-hydrogen) atoms. The van der Waals surface area contributed by atoms with E-state index < -0.39 is 12.0 Å². The molecule has 1 unspecified atom stereocenters. The van der Waals surface area contributed by atoms with E-state index in [1.165, 1.54) is 0 Å². The highest BCUT2D eigenvalue weighted by molar-refractivity contribution is 5.77. The second-order valence-corrected chi connectivity index (χ2v) is 2.52. The van der Waals surface area contributed by atoms with Crippen LogP contribution in [-0.2, 0) is 4.79 Å². The first-order valence-electron chi connectivity index (χ1n) is 3.72. The van der Waals surface area contributed by atoms with Crippen LogP contribution in [0.2, 0.25) is 0 Å². The van der Waals surface area contributed by atoms with Crippen molar-refractivity contribution in [1.29, 1.82) is 0 Å². The van der Waals surface area contributed by atoms with E-state index >= 15 is 0 Å². The summed E-state index contributed by atoms with van der Waals surface area (Å²) in [5, 5.41) is 0. The zero-order chi connectivity index (χ0) is 8.97. The quantitative estimate of drug-likeness (QED) is 0.488. The van der Waals surface area contributed by atoms with E-state index in [9.17, 15) is 4.79 Å². The molecule has 0 aliphatic carbocycles. The topological polar surface area (TPSA) is 122 Å². The van der Waals surface area contributed by atoms with Crippen LogP contribution < -0.4 is 22.8 Å². The van der Waals surface area contributed by atoms with E-state index in [-0.39, 0.29) is 12.3 Å². The summed E-state index contributed by atoms with van der Waals surface area (Å²) in [7, 11) is 0. The van der Waals surface area contributed by atoms with Crippen molar-refractivity contribution in [3.63, 3.8) is 0 Å². The largest absolute Gasteiger partial charge is 0.425 e. The molecule has 0 heterocycles. The Hall–Kier alpha value is -1.43. The highest BCUT2D eigenvalue weighted by atomic mass is 16.5. The predicted octanol–water partition coefficient (Wildman–Crippen LogP) is 1.26. The van der Waals surface area contributed by atoms with Crippen molar-refractivity contribution < 1.29 is 9.53 Å². The van der Waals surface area contributed by atoms with Gasteiger partial charge in [0, 0.05) is 0 Å². The van der Waals surface area contributed by atoms with Gasteiger partial charge in [-0.25, -0.2) is 4.79 Å². The molecule has 0 amide bonds. The Balaban J connectivity index is 0. The van der Waals surface area contributed by atoms with Gasteiger partial charge in [-0.15, -0.1) is 0 Å². The third-order valence-corrected chi connectivity index (χ3v) is 1.33. The van der Waals surface area contributed by atoms with Crippen molar-refractivity contribution in [1.82, 2.24) is 12.3 Å². The first kappa shape index (κ1) is 15.1. The Morgan fingerprint density at radius 1 is 1.29 bits per heavy atom.